The van der Waals surface area contributed by atoms with Crippen molar-refractivity contribution in [2.75, 3.05) is 32.7 Å². The van der Waals surface area contributed by atoms with Crippen LogP contribution < -0.4 is 0 Å². The van der Waals surface area contributed by atoms with Gasteiger partial charge in [0.2, 0.25) is 5.91 Å². The minimum atomic E-state index is -0.381. The van der Waals surface area contributed by atoms with Gasteiger partial charge < -0.3 is 4.90 Å². The van der Waals surface area contributed by atoms with Gasteiger partial charge in [0.05, 0.1) is 11.1 Å². The first-order chi connectivity index (χ1) is 14.0. The predicted molar refractivity (Wildman–Crippen MR) is 110 cm³/mol. The van der Waals surface area contributed by atoms with E-state index in [9.17, 15) is 14.4 Å². The molecule has 2 aromatic carbocycles. The van der Waals surface area contributed by atoms with E-state index in [4.69, 9.17) is 0 Å². The van der Waals surface area contributed by atoms with Crippen LogP contribution in [0.25, 0.3) is 0 Å². The van der Waals surface area contributed by atoms with Crippen LogP contribution in [0, 0.1) is 0 Å². The third-order valence-corrected chi connectivity index (χ3v) is 5.82. The summed E-state index contributed by atoms with van der Waals surface area (Å²) < 4.78 is 0. The van der Waals surface area contributed by atoms with Crippen molar-refractivity contribution < 1.29 is 14.4 Å². The van der Waals surface area contributed by atoms with E-state index in [0.717, 1.165) is 24.4 Å². The molecule has 2 aliphatic rings. The van der Waals surface area contributed by atoms with E-state index in [1.165, 1.54) is 5.56 Å². The van der Waals surface area contributed by atoms with Gasteiger partial charge in [0, 0.05) is 32.2 Å². The Hall–Kier alpha value is -2.99. The van der Waals surface area contributed by atoms with Crippen LogP contribution in [0.5, 0.6) is 0 Å². The van der Waals surface area contributed by atoms with Gasteiger partial charge in [-0.3, -0.25) is 24.2 Å². The molecule has 6 nitrogen and oxygen atoms in total. The number of carbonyl (C=O) groups excluding carboxylic acids is 3. The smallest absolute Gasteiger partial charge is 0.262 e. The molecule has 29 heavy (non-hydrogen) atoms. The van der Waals surface area contributed by atoms with Crippen molar-refractivity contribution in [1.82, 2.24) is 14.7 Å². The van der Waals surface area contributed by atoms with Gasteiger partial charge in [0.15, 0.2) is 0 Å². The number of carbonyl (C=O) groups is 3. The van der Waals surface area contributed by atoms with Crippen LogP contribution in [0.4, 0.5) is 0 Å². The highest BCUT2D eigenvalue weighted by Gasteiger charge is 2.37. The highest BCUT2D eigenvalue weighted by Crippen LogP contribution is 2.22. The number of nitrogens with zero attached hydrogens (tertiary/aromatic N) is 3. The minimum Gasteiger partial charge on any atom is -0.338 e. The molecule has 2 aromatic rings. The number of benzene rings is 2. The van der Waals surface area contributed by atoms with Crippen LogP contribution in [-0.2, 0) is 11.2 Å². The summed E-state index contributed by atoms with van der Waals surface area (Å²) in [5.41, 5.74) is 2.07. The summed E-state index contributed by atoms with van der Waals surface area (Å²) in [6, 6.07) is 17.3. The van der Waals surface area contributed by atoms with Gasteiger partial charge in [-0.25, -0.2) is 0 Å². The summed E-state index contributed by atoms with van der Waals surface area (Å²) in [6.45, 7) is 4.89. The van der Waals surface area contributed by atoms with E-state index in [-0.39, 0.29) is 30.3 Å². The second kappa shape index (κ2) is 8.17. The van der Waals surface area contributed by atoms with E-state index < -0.39 is 0 Å². The van der Waals surface area contributed by atoms with Gasteiger partial charge in [-0.1, -0.05) is 42.5 Å². The monoisotopic (exact) mass is 391 g/mol. The topological polar surface area (TPSA) is 60.9 Å². The van der Waals surface area contributed by atoms with E-state index >= 15 is 0 Å². The Morgan fingerprint density at radius 1 is 0.931 bits per heavy atom. The molecule has 0 spiro atoms. The molecule has 1 unspecified atom stereocenters. The molecule has 2 aliphatic heterocycles. The Morgan fingerprint density at radius 3 is 2.17 bits per heavy atom. The quantitative estimate of drug-likeness (QED) is 0.732. The summed E-state index contributed by atoms with van der Waals surface area (Å²) in [5.74, 6) is -0.934. The Balaban J connectivity index is 1.32. The molecule has 1 fully saturated rings. The molecular weight excluding hydrogens is 366 g/mol. The molecule has 0 N–H and O–H groups in total. The van der Waals surface area contributed by atoms with Crippen molar-refractivity contribution in [3.8, 4) is 0 Å². The average Bonchev–Trinajstić information content (AvgIpc) is 2.98. The Kier molecular flexibility index (Phi) is 5.45. The van der Waals surface area contributed by atoms with Gasteiger partial charge in [-0.15, -0.1) is 0 Å². The number of piperazine rings is 1. The second-order valence-electron chi connectivity index (χ2n) is 7.70. The number of rotatable bonds is 5. The van der Waals surface area contributed by atoms with Crippen molar-refractivity contribution in [3.63, 3.8) is 0 Å². The Labute approximate surface area is 170 Å². The van der Waals surface area contributed by atoms with Crippen LogP contribution >= 0.6 is 0 Å². The zero-order valence-corrected chi connectivity index (χ0v) is 16.6. The molecule has 1 saturated heterocycles. The van der Waals surface area contributed by atoms with E-state index in [1.54, 1.807) is 29.2 Å². The molecule has 0 aliphatic carbocycles. The van der Waals surface area contributed by atoms with Gasteiger partial charge in [-0.05, 0) is 31.0 Å². The number of amides is 3. The van der Waals surface area contributed by atoms with Crippen molar-refractivity contribution in [3.05, 3.63) is 71.3 Å². The third kappa shape index (κ3) is 3.93. The zero-order chi connectivity index (χ0) is 20.4. The summed E-state index contributed by atoms with van der Waals surface area (Å²) in [4.78, 5) is 43.0. The molecule has 0 radical (unpaired) electrons. The Bertz CT molecular complexity index is 893. The highest BCUT2D eigenvalue weighted by atomic mass is 16.2. The number of hydrogen-bond acceptors (Lipinski definition) is 4. The SMILES string of the molecule is CC1CN(C(=O)CN2C(=O)c3ccccc3C2=O)CCN1CCc1ccccc1. The first kappa shape index (κ1) is 19.3. The van der Waals surface area contributed by atoms with E-state index in [1.807, 2.05) is 6.07 Å². The van der Waals surface area contributed by atoms with Crippen LogP contribution in [0.1, 0.15) is 33.2 Å². The summed E-state index contributed by atoms with van der Waals surface area (Å²) in [6.07, 6.45) is 0.980. The molecule has 6 heteroatoms. The minimum absolute atomic E-state index is 0.172. The maximum atomic E-state index is 12.8. The second-order valence-corrected chi connectivity index (χ2v) is 7.70. The molecule has 1 atom stereocenters. The summed E-state index contributed by atoms with van der Waals surface area (Å²) in [5, 5.41) is 0. The van der Waals surface area contributed by atoms with Crippen molar-refractivity contribution >= 4 is 17.7 Å². The molecular formula is C23H25N3O3. The van der Waals surface area contributed by atoms with Gasteiger partial charge in [0.1, 0.15) is 6.54 Å². The normalized spacial score (nSPS) is 19.6. The lowest BCUT2D eigenvalue weighted by Crippen LogP contribution is -2.55. The molecule has 4 rings (SSSR count). The van der Waals surface area contributed by atoms with Crippen LogP contribution in [0.2, 0.25) is 0 Å². The Morgan fingerprint density at radius 2 is 1.55 bits per heavy atom. The first-order valence-electron chi connectivity index (χ1n) is 10.1. The summed E-state index contributed by atoms with van der Waals surface area (Å²) >= 11 is 0. The number of imide groups is 1. The number of fused-ring (bicyclic) bond motifs is 1. The maximum absolute atomic E-state index is 12.8. The molecule has 0 bridgehead atoms. The highest BCUT2D eigenvalue weighted by molar-refractivity contribution is 6.22. The lowest BCUT2D eigenvalue weighted by molar-refractivity contribution is -0.134. The largest absolute Gasteiger partial charge is 0.338 e. The zero-order valence-electron chi connectivity index (χ0n) is 16.6. The maximum Gasteiger partial charge on any atom is 0.262 e. The van der Waals surface area contributed by atoms with Gasteiger partial charge in [-0.2, -0.15) is 0 Å². The molecule has 0 aromatic heterocycles. The third-order valence-electron chi connectivity index (χ3n) is 5.82. The van der Waals surface area contributed by atoms with E-state index in [2.05, 4.69) is 36.1 Å². The van der Waals surface area contributed by atoms with Crippen LogP contribution in [0.15, 0.2) is 54.6 Å². The first-order valence-corrected chi connectivity index (χ1v) is 10.1. The number of hydrogen-bond donors (Lipinski definition) is 0. The van der Waals surface area contributed by atoms with E-state index in [0.29, 0.717) is 24.2 Å². The standard InChI is InChI=1S/C23H25N3O3/c1-17-15-25(14-13-24(17)12-11-18-7-3-2-4-8-18)21(27)16-26-22(28)19-9-5-6-10-20(19)23(26)29/h2-10,17H,11-16H2,1H3. The lowest BCUT2D eigenvalue weighted by Gasteiger charge is -2.40. The lowest BCUT2D eigenvalue weighted by atomic mass is 10.1. The molecule has 2 heterocycles. The predicted octanol–water partition coefficient (Wildman–Crippen LogP) is 2.06. The van der Waals surface area contributed by atoms with Crippen molar-refractivity contribution in [2.45, 2.75) is 19.4 Å². The molecule has 3 amide bonds. The van der Waals surface area contributed by atoms with Crippen molar-refractivity contribution in [1.29, 1.82) is 0 Å². The molecule has 0 saturated carbocycles. The van der Waals surface area contributed by atoms with Crippen molar-refractivity contribution in [2.24, 2.45) is 0 Å². The summed E-state index contributed by atoms with van der Waals surface area (Å²) in [7, 11) is 0. The van der Waals surface area contributed by atoms with Gasteiger partial charge >= 0.3 is 0 Å². The fraction of sp³-hybridized carbons (Fsp3) is 0.348. The average molecular weight is 391 g/mol. The van der Waals surface area contributed by atoms with Crippen LogP contribution in [0.3, 0.4) is 0 Å². The molecule has 150 valence electrons. The van der Waals surface area contributed by atoms with Crippen LogP contribution in [-0.4, -0.2) is 71.2 Å². The fourth-order valence-corrected chi connectivity index (χ4v) is 4.09. The fourth-order valence-electron chi connectivity index (χ4n) is 4.09. The van der Waals surface area contributed by atoms with Gasteiger partial charge in [0.25, 0.3) is 11.8 Å².